The molecule has 0 spiro atoms. The van der Waals surface area contributed by atoms with Crippen LogP contribution in [0.3, 0.4) is 0 Å². The predicted molar refractivity (Wildman–Crippen MR) is 49.2 cm³/mol. The summed E-state index contributed by atoms with van der Waals surface area (Å²) in [6.45, 7) is 3.86. The van der Waals surface area contributed by atoms with Crippen LogP contribution in [0, 0.1) is 13.8 Å². The first-order valence-electron chi connectivity index (χ1n) is 4.11. The maximum absolute atomic E-state index is 5.34. The SMILES string of the molecule is Cc1ccc(-c2ncc(C)o2)nc1. The molecule has 0 N–H and O–H groups in total. The minimum Gasteiger partial charge on any atom is -0.440 e. The Labute approximate surface area is 76.5 Å². The van der Waals surface area contributed by atoms with E-state index < -0.39 is 0 Å². The lowest BCUT2D eigenvalue weighted by Crippen LogP contribution is -1.82. The van der Waals surface area contributed by atoms with Crippen LogP contribution in [0.1, 0.15) is 11.3 Å². The van der Waals surface area contributed by atoms with Gasteiger partial charge < -0.3 is 4.42 Å². The quantitative estimate of drug-likeness (QED) is 0.666. The van der Waals surface area contributed by atoms with Crippen LogP contribution in [0.15, 0.2) is 28.9 Å². The molecular weight excluding hydrogens is 164 g/mol. The first-order valence-corrected chi connectivity index (χ1v) is 4.11. The smallest absolute Gasteiger partial charge is 0.245 e. The van der Waals surface area contributed by atoms with Crippen molar-refractivity contribution in [2.45, 2.75) is 13.8 Å². The highest BCUT2D eigenvalue weighted by atomic mass is 16.4. The Balaban J connectivity index is 2.41. The molecule has 2 aromatic rings. The summed E-state index contributed by atoms with van der Waals surface area (Å²) in [5.41, 5.74) is 1.91. The summed E-state index contributed by atoms with van der Waals surface area (Å²) in [4.78, 5) is 8.29. The van der Waals surface area contributed by atoms with Crippen molar-refractivity contribution in [1.82, 2.24) is 9.97 Å². The third kappa shape index (κ3) is 1.59. The molecule has 0 radical (unpaired) electrons. The van der Waals surface area contributed by atoms with Gasteiger partial charge in [0.15, 0.2) is 0 Å². The minimum absolute atomic E-state index is 0.581. The van der Waals surface area contributed by atoms with E-state index in [2.05, 4.69) is 9.97 Å². The van der Waals surface area contributed by atoms with Crippen molar-refractivity contribution in [2.24, 2.45) is 0 Å². The van der Waals surface area contributed by atoms with Crippen LogP contribution in [0.25, 0.3) is 11.6 Å². The second kappa shape index (κ2) is 3.01. The van der Waals surface area contributed by atoms with Crippen LogP contribution >= 0.6 is 0 Å². The number of hydrogen-bond donors (Lipinski definition) is 0. The number of oxazole rings is 1. The Morgan fingerprint density at radius 1 is 1.08 bits per heavy atom. The van der Waals surface area contributed by atoms with E-state index in [0.717, 1.165) is 17.0 Å². The summed E-state index contributed by atoms with van der Waals surface area (Å²) in [5.74, 6) is 1.38. The van der Waals surface area contributed by atoms with Gasteiger partial charge >= 0.3 is 0 Å². The lowest BCUT2D eigenvalue weighted by molar-refractivity contribution is 0.540. The van der Waals surface area contributed by atoms with E-state index in [-0.39, 0.29) is 0 Å². The van der Waals surface area contributed by atoms with E-state index >= 15 is 0 Å². The van der Waals surface area contributed by atoms with Gasteiger partial charge in [-0.3, -0.25) is 4.98 Å². The fourth-order valence-corrected chi connectivity index (χ4v) is 1.07. The summed E-state index contributed by atoms with van der Waals surface area (Å²) >= 11 is 0. The Morgan fingerprint density at radius 2 is 1.92 bits per heavy atom. The van der Waals surface area contributed by atoms with E-state index in [0.29, 0.717) is 5.89 Å². The summed E-state index contributed by atoms with van der Waals surface area (Å²) in [6, 6.07) is 3.89. The summed E-state index contributed by atoms with van der Waals surface area (Å²) in [7, 11) is 0. The Kier molecular flexibility index (Phi) is 1.85. The lowest BCUT2D eigenvalue weighted by Gasteiger charge is -1.94. The number of rotatable bonds is 1. The molecule has 0 aliphatic heterocycles. The number of aryl methyl sites for hydroxylation is 2. The topological polar surface area (TPSA) is 38.9 Å². The van der Waals surface area contributed by atoms with Crippen LogP contribution in [-0.4, -0.2) is 9.97 Å². The molecule has 3 heteroatoms. The zero-order valence-corrected chi connectivity index (χ0v) is 7.61. The van der Waals surface area contributed by atoms with Crippen molar-refractivity contribution in [3.8, 4) is 11.6 Å². The van der Waals surface area contributed by atoms with Crippen molar-refractivity contribution >= 4 is 0 Å². The molecule has 0 saturated carbocycles. The summed E-state index contributed by atoms with van der Waals surface area (Å²) in [6.07, 6.45) is 3.49. The number of hydrogen-bond acceptors (Lipinski definition) is 3. The number of nitrogens with zero attached hydrogens (tertiary/aromatic N) is 2. The maximum Gasteiger partial charge on any atom is 0.245 e. The van der Waals surface area contributed by atoms with Crippen LogP contribution < -0.4 is 0 Å². The molecule has 0 aliphatic rings. The largest absolute Gasteiger partial charge is 0.440 e. The monoisotopic (exact) mass is 174 g/mol. The molecular formula is C10H10N2O. The van der Waals surface area contributed by atoms with Gasteiger partial charge in [-0.25, -0.2) is 4.98 Å². The third-order valence-corrected chi connectivity index (χ3v) is 1.75. The molecule has 0 fully saturated rings. The Hall–Kier alpha value is -1.64. The highest BCUT2D eigenvalue weighted by Gasteiger charge is 2.04. The maximum atomic E-state index is 5.34. The Morgan fingerprint density at radius 3 is 2.46 bits per heavy atom. The second-order valence-corrected chi connectivity index (χ2v) is 3.00. The van der Waals surface area contributed by atoms with Gasteiger partial charge in [-0.15, -0.1) is 0 Å². The molecule has 0 bridgehead atoms. The molecule has 2 aromatic heterocycles. The molecule has 3 nitrogen and oxygen atoms in total. The van der Waals surface area contributed by atoms with E-state index in [9.17, 15) is 0 Å². The molecule has 66 valence electrons. The first kappa shape index (κ1) is 7.98. The summed E-state index contributed by atoms with van der Waals surface area (Å²) < 4.78 is 5.34. The minimum atomic E-state index is 0.581. The molecule has 0 saturated heterocycles. The molecule has 0 aliphatic carbocycles. The van der Waals surface area contributed by atoms with Gasteiger partial charge in [-0.1, -0.05) is 6.07 Å². The average molecular weight is 174 g/mol. The van der Waals surface area contributed by atoms with Crippen LogP contribution in [-0.2, 0) is 0 Å². The highest BCUT2D eigenvalue weighted by molar-refractivity contribution is 5.46. The van der Waals surface area contributed by atoms with Crippen molar-refractivity contribution in [3.05, 3.63) is 35.9 Å². The van der Waals surface area contributed by atoms with E-state index in [1.165, 1.54) is 0 Å². The van der Waals surface area contributed by atoms with E-state index in [4.69, 9.17) is 4.42 Å². The normalized spacial score (nSPS) is 10.3. The molecule has 2 heterocycles. The first-order chi connectivity index (χ1) is 6.25. The molecule has 0 atom stereocenters. The third-order valence-electron chi connectivity index (χ3n) is 1.75. The van der Waals surface area contributed by atoms with Gasteiger partial charge in [0.25, 0.3) is 0 Å². The van der Waals surface area contributed by atoms with Crippen molar-refractivity contribution in [2.75, 3.05) is 0 Å². The van der Waals surface area contributed by atoms with Crippen molar-refractivity contribution in [1.29, 1.82) is 0 Å². The van der Waals surface area contributed by atoms with E-state index in [1.807, 2.05) is 26.0 Å². The van der Waals surface area contributed by atoms with Gasteiger partial charge in [0.1, 0.15) is 11.5 Å². The van der Waals surface area contributed by atoms with Gasteiger partial charge in [-0.2, -0.15) is 0 Å². The van der Waals surface area contributed by atoms with Crippen LogP contribution in [0.2, 0.25) is 0 Å². The van der Waals surface area contributed by atoms with Crippen LogP contribution in [0.5, 0.6) is 0 Å². The van der Waals surface area contributed by atoms with Gasteiger partial charge in [0.05, 0.1) is 6.20 Å². The van der Waals surface area contributed by atoms with Gasteiger partial charge in [0.2, 0.25) is 5.89 Å². The molecule has 0 unspecified atom stereocenters. The Bertz CT molecular complexity index is 403. The zero-order valence-electron chi connectivity index (χ0n) is 7.61. The molecule has 0 aromatic carbocycles. The fourth-order valence-electron chi connectivity index (χ4n) is 1.07. The number of pyridine rings is 1. The highest BCUT2D eigenvalue weighted by Crippen LogP contribution is 2.15. The van der Waals surface area contributed by atoms with Crippen LogP contribution in [0.4, 0.5) is 0 Å². The predicted octanol–water partition coefficient (Wildman–Crippen LogP) is 2.35. The lowest BCUT2D eigenvalue weighted by atomic mass is 10.3. The van der Waals surface area contributed by atoms with Crippen molar-refractivity contribution < 1.29 is 4.42 Å². The average Bonchev–Trinajstić information content (AvgIpc) is 2.53. The second-order valence-electron chi connectivity index (χ2n) is 3.00. The summed E-state index contributed by atoms with van der Waals surface area (Å²) in [5, 5.41) is 0. The molecule has 2 rings (SSSR count). The van der Waals surface area contributed by atoms with Crippen molar-refractivity contribution in [3.63, 3.8) is 0 Å². The fraction of sp³-hybridized carbons (Fsp3) is 0.200. The molecule has 13 heavy (non-hydrogen) atoms. The number of aromatic nitrogens is 2. The zero-order chi connectivity index (χ0) is 9.26. The van der Waals surface area contributed by atoms with Gasteiger partial charge in [0, 0.05) is 6.20 Å². The molecule has 0 amide bonds. The van der Waals surface area contributed by atoms with E-state index in [1.54, 1.807) is 12.4 Å². The standard InChI is InChI=1S/C10H10N2O/c1-7-3-4-9(11-5-7)10-12-6-8(2)13-10/h3-6H,1-2H3. The van der Waals surface area contributed by atoms with Gasteiger partial charge in [-0.05, 0) is 25.5 Å².